The van der Waals surface area contributed by atoms with Crippen molar-refractivity contribution in [2.24, 2.45) is 0 Å². The molecule has 6 heteroatoms. The SMILES string of the molecule is CCNC(=O)NC(=O)COC(=O)C(c1ccccc1)c1ccccc1. The highest BCUT2D eigenvalue weighted by atomic mass is 16.5. The van der Waals surface area contributed by atoms with Crippen molar-refractivity contribution in [3.63, 3.8) is 0 Å². The van der Waals surface area contributed by atoms with Gasteiger partial charge in [0.2, 0.25) is 0 Å². The van der Waals surface area contributed by atoms with Crippen LogP contribution in [-0.4, -0.2) is 31.1 Å². The summed E-state index contributed by atoms with van der Waals surface area (Å²) in [6.45, 7) is 1.60. The lowest BCUT2D eigenvalue weighted by atomic mass is 9.91. The molecular formula is C19H20N2O4. The average molecular weight is 340 g/mol. The molecule has 0 aliphatic heterocycles. The number of ether oxygens (including phenoxy) is 1. The fraction of sp³-hybridized carbons (Fsp3) is 0.211. The van der Waals surface area contributed by atoms with Crippen LogP contribution in [0.15, 0.2) is 60.7 Å². The zero-order valence-corrected chi connectivity index (χ0v) is 13.9. The molecular weight excluding hydrogens is 320 g/mol. The predicted octanol–water partition coefficient (Wildman–Crippen LogP) is 2.21. The van der Waals surface area contributed by atoms with E-state index >= 15 is 0 Å². The molecule has 2 N–H and O–H groups in total. The number of imide groups is 1. The maximum atomic E-state index is 12.6. The molecule has 0 spiro atoms. The lowest BCUT2D eigenvalue weighted by Gasteiger charge is -2.17. The lowest BCUT2D eigenvalue weighted by Crippen LogP contribution is -2.41. The standard InChI is InChI=1S/C19H20N2O4/c1-2-20-19(24)21-16(22)13-25-18(23)17(14-9-5-3-6-10-14)15-11-7-4-8-12-15/h3-12,17H,2,13H2,1H3,(H2,20,21,22,24). The molecule has 6 nitrogen and oxygen atoms in total. The number of hydrogen-bond donors (Lipinski definition) is 2. The summed E-state index contributed by atoms with van der Waals surface area (Å²) >= 11 is 0. The number of carbonyl (C=O) groups excluding carboxylic acids is 3. The van der Waals surface area contributed by atoms with Crippen molar-refractivity contribution in [2.45, 2.75) is 12.8 Å². The summed E-state index contributed by atoms with van der Waals surface area (Å²) < 4.78 is 5.12. The number of rotatable bonds is 6. The van der Waals surface area contributed by atoms with Crippen molar-refractivity contribution in [1.82, 2.24) is 10.6 Å². The minimum absolute atomic E-state index is 0.392. The van der Waals surface area contributed by atoms with E-state index in [4.69, 9.17) is 4.74 Å². The number of urea groups is 1. The third kappa shape index (κ3) is 5.46. The molecule has 0 saturated carbocycles. The highest BCUT2D eigenvalue weighted by Gasteiger charge is 2.25. The van der Waals surface area contributed by atoms with Gasteiger partial charge in [-0.15, -0.1) is 0 Å². The normalized spacial score (nSPS) is 10.2. The number of benzene rings is 2. The first kappa shape index (κ1) is 18.2. The molecule has 0 radical (unpaired) electrons. The van der Waals surface area contributed by atoms with Gasteiger partial charge in [0.25, 0.3) is 5.91 Å². The topological polar surface area (TPSA) is 84.5 Å². The van der Waals surface area contributed by atoms with Gasteiger partial charge in [0.05, 0.1) is 0 Å². The van der Waals surface area contributed by atoms with Crippen LogP contribution in [0.4, 0.5) is 4.79 Å². The zero-order chi connectivity index (χ0) is 18.1. The molecule has 25 heavy (non-hydrogen) atoms. The first-order valence-corrected chi connectivity index (χ1v) is 7.96. The van der Waals surface area contributed by atoms with Crippen molar-refractivity contribution >= 4 is 17.9 Å². The van der Waals surface area contributed by atoms with Crippen LogP contribution in [-0.2, 0) is 14.3 Å². The molecule has 0 heterocycles. The molecule has 0 fully saturated rings. The second-order valence-corrected chi connectivity index (χ2v) is 5.27. The van der Waals surface area contributed by atoms with E-state index in [1.165, 1.54) is 0 Å². The summed E-state index contributed by atoms with van der Waals surface area (Å²) in [6, 6.07) is 17.7. The third-order valence-corrected chi connectivity index (χ3v) is 3.44. The van der Waals surface area contributed by atoms with Gasteiger partial charge in [-0.05, 0) is 18.1 Å². The van der Waals surface area contributed by atoms with Crippen LogP contribution >= 0.6 is 0 Å². The minimum atomic E-state index is -0.681. The molecule has 0 aromatic heterocycles. The predicted molar refractivity (Wildman–Crippen MR) is 92.9 cm³/mol. The van der Waals surface area contributed by atoms with Crippen molar-refractivity contribution in [1.29, 1.82) is 0 Å². The molecule has 0 aliphatic carbocycles. The smallest absolute Gasteiger partial charge is 0.321 e. The van der Waals surface area contributed by atoms with Gasteiger partial charge in [-0.25, -0.2) is 4.79 Å². The second-order valence-electron chi connectivity index (χ2n) is 5.27. The van der Waals surface area contributed by atoms with Gasteiger partial charge in [-0.1, -0.05) is 60.7 Å². The van der Waals surface area contributed by atoms with Crippen LogP contribution < -0.4 is 10.6 Å². The Morgan fingerprint density at radius 1 is 0.920 bits per heavy atom. The fourth-order valence-electron chi connectivity index (χ4n) is 2.34. The van der Waals surface area contributed by atoms with Gasteiger partial charge in [0, 0.05) is 6.54 Å². The molecule has 0 aliphatic rings. The second kappa shape index (κ2) is 9.22. The van der Waals surface area contributed by atoms with Gasteiger partial charge in [-0.2, -0.15) is 0 Å². The molecule has 0 saturated heterocycles. The third-order valence-electron chi connectivity index (χ3n) is 3.44. The van der Waals surface area contributed by atoms with Gasteiger partial charge in [-0.3, -0.25) is 14.9 Å². The molecule has 130 valence electrons. The Labute approximate surface area is 146 Å². The summed E-state index contributed by atoms with van der Waals surface area (Å²) in [7, 11) is 0. The Bertz CT molecular complexity index is 677. The molecule has 0 unspecified atom stereocenters. The van der Waals surface area contributed by atoms with Gasteiger partial charge in [0.1, 0.15) is 5.92 Å². The first-order chi connectivity index (χ1) is 12.1. The fourth-order valence-corrected chi connectivity index (χ4v) is 2.34. The summed E-state index contributed by atoms with van der Waals surface area (Å²) in [5.74, 6) is -1.87. The van der Waals surface area contributed by atoms with Crippen LogP contribution in [0, 0.1) is 0 Å². The van der Waals surface area contributed by atoms with E-state index in [1.807, 2.05) is 60.7 Å². The average Bonchev–Trinajstić information content (AvgIpc) is 2.62. The van der Waals surface area contributed by atoms with E-state index in [9.17, 15) is 14.4 Å². The van der Waals surface area contributed by atoms with Crippen LogP contribution in [0.1, 0.15) is 24.0 Å². The van der Waals surface area contributed by atoms with Crippen LogP contribution in [0.25, 0.3) is 0 Å². The Kier molecular flexibility index (Phi) is 6.71. The minimum Gasteiger partial charge on any atom is -0.455 e. The molecule has 2 aromatic rings. The summed E-state index contributed by atoms with van der Waals surface area (Å²) in [5, 5.41) is 4.52. The van der Waals surface area contributed by atoms with E-state index in [1.54, 1.807) is 6.92 Å². The van der Waals surface area contributed by atoms with E-state index in [2.05, 4.69) is 10.6 Å². The van der Waals surface area contributed by atoms with Gasteiger partial charge < -0.3 is 10.1 Å². The quantitative estimate of drug-likeness (QED) is 0.790. The molecule has 2 aromatic carbocycles. The number of amides is 3. The largest absolute Gasteiger partial charge is 0.455 e. The van der Waals surface area contributed by atoms with E-state index in [-0.39, 0.29) is 0 Å². The highest BCUT2D eigenvalue weighted by Crippen LogP contribution is 2.25. The number of esters is 1. The number of carbonyl (C=O) groups is 3. The summed E-state index contributed by atoms with van der Waals surface area (Å²) in [6.07, 6.45) is 0. The molecule has 3 amide bonds. The monoisotopic (exact) mass is 340 g/mol. The Hall–Kier alpha value is -3.15. The van der Waals surface area contributed by atoms with Crippen LogP contribution in [0.2, 0.25) is 0 Å². The van der Waals surface area contributed by atoms with Gasteiger partial charge in [0.15, 0.2) is 6.61 Å². The highest BCUT2D eigenvalue weighted by molar-refractivity contribution is 5.96. The maximum Gasteiger partial charge on any atom is 0.321 e. The molecule has 2 rings (SSSR count). The van der Waals surface area contributed by atoms with Crippen molar-refractivity contribution in [3.8, 4) is 0 Å². The van der Waals surface area contributed by atoms with E-state index in [0.29, 0.717) is 6.54 Å². The molecule has 0 atom stereocenters. The Balaban J connectivity index is 2.07. The van der Waals surface area contributed by atoms with Crippen LogP contribution in [0.3, 0.4) is 0 Å². The number of hydrogen-bond acceptors (Lipinski definition) is 4. The van der Waals surface area contributed by atoms with Crippen molar-refractivity contribution < 1.29 is 19.1 Å². The zero-order valence-electron chi connectivity index (χ0n) is 13.9. The Morgan fingerprint density at radius 2 is 1.44 bits per heavy atom. The van der Waals surface area contributed by atoms with Gasteiger partial charge >= 0.3 is 12.0 Å². The maximum absolute atomic E-state index is 12.6. The van der Waals surface area contributed by atoms with Crippen LogP contribution in [0.5, 0.6) is 0 Å². The lowest BCUT2D eigenvalue weighted by molar-refractivity contribution is -0.148. The van der Waals surface area contributed by atoms with Crippen molar-refractivity contribution in [2.75, 3.05) is 13.2 Å². The Morgan fingerprint density at radius 3 is 1.92 bits per heavy atom. The van der Waals surface area contributed by atoms with E-state index in [0.717, 1.165) is 11.1 Å². The van der Waals surface area contributed by atoms with E-state index < -0.39 is 30.4 Å². The summed E-state index contributed by atoms with van der Waals surface area (Å²) in [4.78, 5) is 35.5. The molecule has 0 bridgehead atoms. The number of nitrogens with one attached hydrogen (secondary N) is 2. The summed E-state index contributed by atoms with van der Waals surface area (Å²) in [5.41, 5.74) is 1.53. The first-order valence-electron chi connectivity index (χ1n) is 7.96. The van der Waals surface area contributed by atoms with Crippen molar-refractivity contribution in [3.05, 3.63) is 71.8 Å².